The number of hydrogen-bond donors (Lipinski definition) is 0. The second-order valence-electron chi connectivity index (χ2n) is 7.75. The second kappa shape index (κ2) is 7.63. The first kappa shape index (κ1) is 17.3. The molecule has 0 radical (unpaired) electrons. The summed E-state index contributed by atoms with van der Waals surface area (Å²) in [6, 6.07) is 19.5. The van der Waals surface area contributed by atoms with Crippen LogP contribution in [0, 0.1) is 0 Å². The molecule has 136 valence electrons. The topological polar surface area (TPSA) is 23.6 Å². The van der Waals surface area contributed by atoms with Crippen molar-refractivity contribution in [3.05, 3.63) is 71.3 Å². The zero-order valence-electron chi connectivity index (χ0n) is 15.6. The number of likely N-dealkylation sites (tertiary alicyclic amines) is 1. The average molecular weight is 348 g/mol. The number of rotatable bonds is 4. The standard InChI is InChI=1S/C23H28N2O/c1-24(21-15-19-11-5-6-12-20(19)16-21)23(26)22-13-7-8-14-25(22)17-18-9-3-2-4-10-18/h2-6,9-12,21-22H,7-8,13-17H2,1H3/t22-/m1/s1. The molecular formula is C23H28N2O. The number of carbonyl (C=O) groups excluding carboxylic acids is 1. The van der Waals surface area contributed by atoms with Crippen LogP contribution < -0.4 is 0 Å². The maximum Gasteiger partial charge on any atom is 0.239 e. The molecule has 0 unspecified atom stereocenters. The SMILES string of the molecule is CN(C(=O)[C@H]1CCCCN1Cc1ccccc1)C1Cc2ccccc2C1. The zero-order valence-corrected chi connectivity index (χ0v) is 15.6. The van der Waals surface area contributed by atoms with E-state index in [-0.39, 0.29) is 6.04 Å². The zero-order chi connectivity index (χ0) is 17.9. The molecule has 2 aromatic carbocycles. The van der Waals surface area contributed by atoms with Gasteiger partial charge >= 0.3 is 0 Å². The van der Waals surface area contributed by atoms with Gasteiger partial charge in [-0.3, -0.25) is 9.69 Å². The molecule has 1 aliphatic carbocycles. The summed E-state index contributed by atoms with van der Waals surface area (Å²) in [6.07, 6.45) is 5.30. The van der Waals surface area contributed by atoms with Gasteiger partial charge < -0.3 is 4.90 Å². The highest BCUT2D eigenvalue weighted by Crippen LogP contribution is 2.27. The minimum Gasteiger partial charge on any atom is -0.341 e. The largest absolute Gasteiger partial charge is 0.341 e. The minimum absolute atomic E-state index is 0.0256. The number of nitrogens with zero attached hydrogens (tertiary/aromatic N) is 2. The van der Waals surface area contributed by atoms with Gasteiger partial charge in [-0.25, -0.2) is 0 Å². The Morgan fingerprint density at radius 3 is 2.35 bits per heavy atom. The van der Waals surface area contributed by atoms with E-state index in [0.29, 0.717) is 11.9 Å². The molecule has 3 nitrogen and oxygen atoms in total. The fraction of sp³-hybridized carbons (Fsp3) is 0.435. The highest BCUT2D eigenvalue weighted by molar-refractivity contribution is 5.82. The quantitative estimate of drug-likeness (QED) is 0.842. The monoisotopic (exact) mass is 348 g/mol. The highest BCUT2D eigenvalue weighted by atomic mass is 16.2. The van der Waals surface area contributed by atoms with Crippen molar-refractivity contribution in [3.8, 4) is 0 Å². The van der Waals surface area contributed by atoms with Crippen LogP contribution in [0.25, 0.3) is 0 Å². The molecule has 1 atom stereocenters. The van der Waals surface area contributed by atoms with Crippen LogP contribution in [0.4, 0.5) is 0 Å². The summed E-state index contributed by atoms with van der Waals surface area (Å²) in [6.45, 7) is 1.89. The Labute approximate surface area is 156 Å². The third-order valence-electron chi connectivity index (χ3n) is 6.05. The molecule has 4 rings (SSSR count). The molecule has 0 saturated carbocycles. The third kappa shape index (κ3) is 3.54. The molecule has 3 heteroatoms. The molecule has 0 N–H and O–H groups in total. The fourth-order valence-corrected chi connectivity index (χ4v) is 4.50. The van der Waals surface area contributed by atoms with Crippen LogP contribution in [-0.2, 0) is 24.2 Å². The Hall–Kier alpha value is -2.13. The van der Waals surface area contributed by atoms with E-state index in [1.165, 1.54) is 23.1 Å². The van der Waals surface area contributed by atoms with Crippen LogP contribution in [0.15, 0.2) is 54.6 Å². The van der Waals surface area contributed by atoms with E-state index < -0.39 is 0 Å². The fourth-order valence-electron chi connectivity index (χ4n) is 4.50. The van der Waals surface area contributed by atoms with Crippen LogP contribution in [0.5, 0.6) is 0 Å². The Morgan fingerprint density at radius 2 is 1.65 bits per heavy atom. The van der Waals surface area contributed by atoms with Gasteiger partial charge in [0.2, 0.25) is 5.91 Å². The molecule has 26 heavy (non-hydrogen) atoms. The summed E-state index contributed by atoms with van der Waals surface area (Å²) in [7, 11) is 2.01. The van der Waals surface area contributed by atoms with Crippen molar-refractivity contribution in [1.82, 2.24) is 9.80 Å². The molecule has 1 saturated heterocycles. The van der Waals surface area contributed by atoms with Gasteiger partial charge in [0.1, 0.15) is 0 Å². The highest BCUT2D eigenvalue weighted by Gasteiger charge is 2.35. The van der Waals surface area contributed by atoms with E-state index >= 15 is 0 Å². The van der Waals surface area contributed by atoms with Crippen molar-refractivity contribution in [2.75, 3.05) is 13.6 Å². The van der Waals surface area contributed by atoms with E-state index in [1.807, 2.05) is 18.0 Å². The molecule has 1 fully saturated rings. The predicted octanol–water partition coefficient (Wildman–Crippen LogP) is 3.67. The maximum absolute atomic E-state index is 13.3. The summed E-state index contributed by atoms with van der Waals surface area (Å²) < 4.78 is 0. The normalized spacial score (nSPS) is 20.7. The van der Waals surface area contributed by atoms with Crippen LogP contribution in [0.2, 0.25) is 0 Å². The van der Waals surface area contributed by atoms with Gasteiger partial charge in [-0.05, 0) is 48.9 Å². The lowest BCUT2D eigenvalue weighted by atomic mass is 9.99. The molecule has 1 aliphatic heterocycles. The lowest BCUT2D eigenvalue weighted by Gasteiger charge is -2.38. The molecule has 0 aromatic heterocycles. The van der Waals surface area contributed by atoms with E-state index in [0.717, 1.165) is 38.8 Å². The number of piperidine rings is 1. The summed E-state index contributed by atoms with van der Waals surface area (Å²) in [5.74, 6) is 0.304. The van der Waals surface area contributed by atoms with Crippen molar-refractivity contribution in [3.63, 3.8) is 0 Å². The second-order valence-corrected chi connectivity index (χ2v) is 7.75. The molecule has 2 aromatic rings. The van der Waals surface area contributed by atoms with Crippen molar-refractivity contribution in [1.29, 1.82) is 0 Å². The average Bonchev–Trinajstić information content (AvgIpc) is 3.12. The van der Waals surface area contributed by atoms with E-state index in [2.05, 4.69) is 53.4 Å². The van der Waals surface area contributed by atoms with Crippen LogP contribution in [0.1, 0.15) is 36.0 Å². The molecule has 0 spiro atoms. The number of carbonyl (C=O) groups is 1. The van der Waals surface area contributed by atoms with E-state index in [4.69, 9.17) is 0 Å². The van der Waals surface area contributed by atoms with Gasteiger partial charge in [0.25, 0.3) is 0 Å². The first-order chi connectivity index (χ1) is 12.7. The predicted molar refractivity (Wildman–Crippen MR) is 105 cm³/mol. The Balaban J connectivity index is 1.45. The van der Waals surface area contributed by atoms with Gasteiger partial charge in [0, 0.05) is 19.6 Å². The van der Waals surface area contributed by atoms with Crippen molar-refractivity contribution >= 4 is 5.91 Å². The summed E-state index contributed by atoms with van der Waals surface area (Å²) in [5.41, 5.74) is 4.10. The first-order valence-electron chi connectivity index (χ1n) is 9.84. The van der Waals surface area contributed by atoms with Gasteiger partial charge in [-0.15, -0.1) is 0 Å². The smallest absolute Gasteiger partial charge is 0.239 e. The van der Waals surface area contributed by atoms with Gasteiger partial charge in [-0.2, -0.15) is 0 Å². The lowest BCUT2D eigenvalue weighted by molar-refractivity contribution is -0.139. The number of likely N-dealkylation sites (N-methyl/N-ethyl adjacent to an activating group) is 1. The summed E-state index contributed by atoms with van der Waals surface area (Å²) in [5, 5.41) is 0. The van der Waals surface area contributed by atoms with Crippen molar-refractivity contribution in [2.24, 2.45) is 0 Å². The van der Waals surface area contributed by atoms with Crippen LogP contribution in [0.3, 0.4) is 0 Å². The first-order valence-corrected chi connectivity index (χ1v) is 9.84. The third-order valence-corrected chi connectivity index (χ3v) is 6.05. The Kier molecular flexibility index (Phi) is 5.07. The summed E-state index contributed by atoms with van der Waals surface area (Å²) in [4.78, 5) is 17.7. The number of fused-ring (bicyclic) bond motifs is 1. The van der Waals surface area contributed by atoms with E-state index in [9.17, 15) is 4.79 Å². The van der Waals surface area contributed by atoms with Crippen LogP contribution in [-0.4, -0.2) is 41.4 Å². The van der Waals surface area contributed by atoms with Gasteiger partial charge in [0.15, 0.2) is 0 Å². The molecule has 1 amide bonds. The maximum atomic E-state index is 13.3. The Morgan fingerprint density at radius 1 is 1.00 bits per heavy atom. The van der Waals surface area contributed by atoms with Crippen LogP contribution >= 0.6 is 0 Å². The molecule has 1 heterocycles. The number of hydrogen-bond acceptors (Lipinski definition) is 2. The van der Waals surface area contributed by atoms with Crippen molar-refractivity contribution < 1.29 is 4.79 Å². The molecular weight excluding hydrogens is 320 g/mol. The van der Waals surface area contributed by atoms with E-state index in [1.54, 1.807) is 0 Å². The molecule has 2 aliphatic rings. The lowest BCUT2D eigenvalue weighted by Crippen LogP contribution is -2.52. The summed E-state index contributed by atoms with van der Waals surface area (Å²) >= 11 is 0. The number of amides is 1. The minimum atomic E-state index is 0.0256. The molecule has 0 bridgehead atoms. The van der Waals surface area contributed by atoms with Crippen molar-refractivity contribution in [2.45, 2.75) is 50.7 Å². The Bertz CT molecular complexity index is 733. The van der Waals surface area contributed by atoms with Gasteiger partial charge in [0.05, 0.1) is 6.04 Å². The number of benzene rings is 2. The van der Waals surface area contributed by atoms with Gasteiger partial charge in [-0.1, -0.05) is 61.0 Å².